The van der Waals surface area contributed by atoms with Crippen LogP contribution in [0.1, 0.15) is 32.6 Å². The van der Waals surface area contributed by atoms with E-state index in [1.54, 1.807) is 7.05 Å². The lowest BCUT2D eigenvalue weighted by Gasteiger charge is -2.20. The van der Waals surface area contributed by atoms with Crippen LogP contribution >= 0.6 is 11.8 Å². The fourth-order valence-corrected chi connectivity index (χ4v) is 2.66. The van der Waals surface area contributed by atoms with E-state index in [0.717, 1.165) is 18.9 Å². The predicted octanol–water partition coefficient (Wildman–Crippen LogP) is 1.82. The molecule has 0 aliphatic heterocycles. The highest BCUT2D eigenvalue weighted by Crippen LogP contribution is 2.32. The molecule has 0 heterocycles. The number of unbranched alkanes of at least 4 members (excludes halogenated alkanes) is 1. The highest BCUT2D eigenvalue weighted by Gasteiger charge is 2.32. The van der Waals surface area contributed by atoms with Crippen LogP contribution in [0.15, 0.2) is 4.99 Å². The molecular weight excluding hydrogens is 300 g/mol. The lowest BCUT2D eigenvalue weighted by Crippen LogP contribution is -2.48. The van der Waals surface area contributed by atoms with Crippen LogP contribution in [0.4, 0.5) is 4.79 Å². The Morgan fingerprint density at radius 3 is 2.73 bits per heavy atom. The molecule has 0 radical (unpaired) electrons. The summed E-state index contributed by atoms with van der Waals surface area (Å²) in [5, 5.41) is 9.53. The van der Waals surface area contributed by atoms with Crippen LogP contribution in [0.3, 0.4) is 0 Å². The smallest absolute Gasteiger partial charge is 0.407 e. The van der Waals surface area contributed by atoms with Crippen molar-refractivity contribution in [1.29, 1.82) is 0 Å². The van der Waals surface area contributed by atoms with E-state index in [0.29, 0.717) is 19.1 Å². The van der Waals surface area contributed by atoms with E-state index < -0.39 is 0 Å². The molecule has 7 heteroatoms. The molecular formula is C15H30N4O2S. The molecule has 1 aliphatic carbocycles. The number of guanidine groups is 1. The molecule has 1 fully saturated rings. The number of aliphatic imine (C=N–C) groups is 1. The van der Waals surface area contributed by atoms with E-state index >= 15 is 0 Å². The number of carbonyl (C=O) groups is 1. The van der Waals surface area contributed by atoms with Crippen molar-refractivity contribution in [3.05, 3.63) is 0 Å². The van der Waals surface area contributed by atoms with Gasteiger partial charge in [-0.2, -0.15) is 11.8 Å². The number of thioether (sulfide) groups is 1. The topological polar surface area (TPSA) is 74.8 Å². The summed E-state index contributed by atoms with van der Waals surface area (Å²) in [5.41, 5.74) is 0. The number of nitrogens with zero attached hydrogens (tertiary/aromatic N) is 1. The first-order valence-electron chi connectivity index (χ1n) is 8.08. The summed E-state index contributed by atoms with van der Waals surface area (Å²) in [7, 11) is 1.77. The molecule has 0 spiro atoms. The fourth-order valence-electron chi connectivity index (χ4n) is 2.16. The minimum atomic E-state index is -0.332. The quantitative estimate of drug-likeness (QED) is 0.324. The maximum atomic E-state index is 11.6. The Morgan fingerprint density at radius 1 is 1.36 bits per heavy atom. The highest BCUT2D eigenvalue weighted by molar-refractivity contribution is 7.98. The molecule has 0 aromatic rings. The molecule has 1 amide bonds. The van der Waals surface area contributed by atoms with Gasteiger partial charge >= 0.3 is 6.09 Å². The van der Waals surface area contributed by atoms with Gasteiger partial charge in [0.05, 0.1) is 12.6 Å². The van der Waals surface area contributed by atoms with Crippen LogP contribution in [-0.2, 0) is 4.74 Å². The average molecular weight is 330 g/mol. The molecule has 6 nitrogen and oxygen atoms in total. The van der Waals surface area contributed by atoms with Crippen LogP contribution in [0.5, 0.6) is 0 Å². The van der Waals surface area contributed by atoms with Gasteiger partial charge in [0.25, 0.3) is 0 Å². The number of hydrogen-bond acceptors (Lipinski definition) is 4. The Bertz CT molecular complexity index is 348. The zero-order chi connectivity index (χ0) is 16.2. The first kappa shape index (κ1) is 18.9. The van der Waals surface area contributed by atoms with Gasteiger partial charge in [-0.3, -0.25) is 4.99 Å². The Labute approximate surface area is 138 Å². The van der Waals surface area contributed by atoms with Crippen molar-refractivity contribution in [1.82, 2.24) is 16.0 Å². The third-order valence-electron chi connectivity index (χ3n) is 3.55. The second-order valence-corrected chi connectivity index (χ2v) is 6.37. The monoisotopic (exact) mass is 330 g/mol. The molecule has 1 rings (SSSR count). The van der Waals surface area contributed by atoms with Crippen LogP contribution in [0.25, 0.3) is 0 Å². The molecule has 22 heavy (non-hydrogen) atoms. The number of nitrogens with one attached hydrogen (secondary N) is 3. The van der Waals surface area contributed by atoms with Crippen LogP contribution in [0.2, 0.25) is 0 Å². The van der Waals surface area contributed by atoms with Crippen molar-refractivity contribution in [2.24, 2.45) is 10.9 Å². The van der Waals surface area contributed by atoms with Gasteiger partial charge in [-0.1, -0.05) is 0 Å². The van der Waals surface area contributed by atoms with E-state index in [1.807, 2.05) is 18.7 Å². The van der Waals surface area contributed by atoms with Crippen molar-refractivity contribution >= 4 is 23.8 Å². The molecule has 1 aliphatic rings. The Morgan fingerprint density at radius 2 is 2.14 bits per heavy atom. The van der Waals surface area contributed by atoms with Gasteiger partial charge in [-0.15, -0.1) is 0 Å². The van der Waals surface area contributed by atoms with Crippen molar-refractivity contribution in [2.45, 2.75) is 38.6 Å². The second kappa shape index (κ2) is 11.5. The number of rotatable bonds is 10. The van der Waals surface area contributed by atoms with Gasteiger partial charge < -0.3 is 20.7 Å². The van der Waals surface area contributed by atoms with Crippen LogP contribution in [0, 0.1) is 5.92 Å². The maximum absolute atomic E-state index is 11.6. The molecule has 1 saturated carbocycles. The summed E-state index contributed by atoms with van der Waals surface area (Å²) < 4.78 is 4.96. The zero-order valence-corrected chi connectivity index (χ0v) is 14.8. The van der Waals surface area contributed by atoms with Crippen molar-refractivity contribution in [2.75, 3.05) is 38.8 Å². The van der Waals surface area contributed by atoms with Gasteiger partial charge in [-0.05, 0) is 50.5 Å². The molecule has 3 N–H and O–H groups in total. The third-order valence-corrected chi connectivity index (χ3v) is 4.25. The molecule has 0 saturated heterocycles. The van der Waals surface area contributed by atoms with Crippen LogP contribution in [-0.4, -0.2) is 56.8 Å². The number of carbonyl (C=O) groups excluding carboxylic acids is 1. The van der Waals surface area contributed by atoms with Crippen LogP contribution < -0.4 is 16.0 Å². The van der Waals surface area contributed by atoms with E-state index in [1.165, 1.54) is 25.0 Å². The van der Waals surface area contributed by atoms with Crippen molar-refractivity contribution in [3.63, 3.8) is 0 Å². The average Bonchev–Trinajstić information content (AvgIpc) is 3.33. The SMILES string of the molecule is CCOC(=O)NC(CNC(=NC)NCCCCSC)C1CC1. The zero-order valence-electron chi connectivity index (χ0n) is 14.0. The van der Waals surface area contributed by atoms with Gasteiger partial charge in [0, 0.05) is 20.1 Å². The Balaban J connectivity index is 2.25. The van der Waals surface area contributed by atoms with E-state index in [2.05, 4.69) is 27.2 Å². The van der Waals surface area contributed by atoms with E-state index in [-0.39, 0.29) is 12.1 Å². The third kappa shape index (κ3) is 8.36. The summed E-state index contributed by atoms with van der Waals surface area (Å²) in [5.74, 6) is 2.54. The standard InChI is InChI=1S/C15H30N4O2S/c1-4-21-15(20)19-13(12-7-8-12)11-18-14(16-2)17-9-5-6-10-22-3/h12-13H,4-11H2,1-3H3,(H,19,20)(H2,16,17,18). The van der Waals surface area contributed by atoms with Gasteiger partial charge in [0.2, 0.25) is 0 Å². The van der Waals surface area contributed by atoms with Gasteiger partial charge in [0.1, 0.15) is 0 Å². The molecule has 0 aromatic heterocycles. The number of ether oxygens (including phenoxy) is 1. The first-order valence-corrected chi connectivity index (χ1v) is 9.47. The molecule has 1 atom stereocenters. The molecule has 0 bridgehead atoms. The van der Waals surface area contributed by atoms with E-state index in [9.17, 15) is 4.79 Å². The molecule has 0 aromatic carbocycles. The van der Waals surface area contributed by atoms with Gasteiger partial charge in [-0.25, -0.2) is 4.79 Å². The number of amides is 1. The summed E-state index contributed by atoms with van der Waals surface area (Å²) in [6, 6.07) is 0.106. The highest BCUT2D eigenvalue weighted by atomic mass is 32.2. The van der Waals surface area contributed by atoms with Gasteiger partial charge in [0.15, 0.2) is 5.96 Å². The van der Waals surface area contributed by atoms with E-state index in [4.69, 9.17) is 4.74 Å². The maximum Gasteiger partial charge on any atom is 0.407 e. The number of alkyl carbamates (subject to hydrolysis) is 1. The minimum absolute atomic E-state index is 0.106. The lowest BCUT2D eigenvalue weighted by atomic mass is 10.2. The van der Waals surface area contributed by atoms with Crippen molar-refractivity contribution < 1.29 is 9.53 Å². The normalized spacial score (nSPS) is 16.0. The number of hydrogen-bond donors (Lipinski definition) is 3. The molecule has 1 unspecified atom stereocenters. The summed E-state index contributed by atoms with van der Waals surface area (Å²) in [6.07, 6.45) is 6.47. The fraction of sp³-hybridized carbons (Fsp3) is 0.867. The van der Waals surface area contributed by atoms with Crippen molar-refractivity contribution in [3.8, 4) is 0 Å². The second-order valence-electron chi connectivity index (χ2n) is 5.39. The molecule has 128 valence electrons. The largest absolute Gasteiger partial charge is 0.450 e. The summed E-state index contributed by atoms with van der Waals surface area (Å²) in [4.78, 5) is 15.8. The minimum Gasteiger partial charge on any atom is -0.450 e. The lowest BCUT2D eigenvalue weighted by molar-refractivity contribution is 0.146. The summed E-state index contributed by atoms with van der Waals surface area (Å²) in [6.45, 7) is 3.80. The predicted molar refractivity (Wildman–Crippen MR) is 93.7 cm³/mol. The Hall–Kier alpha value is -1.11. The summed E-state index contributed by atoms with van der Waals surface area (Å²) >= 11 is 1.87. The first-order chi connectivity index (χ1) is 10.7. The Kier molecular flexibility index (Phi) is 9.86.